The maximum Gasteiger partial charge on any atom is 0.266 e. The first-order chi connectivity index (χ1) is 12.8. The van der Waals surface area contributed by atoms with Crippen LogP contribution in [-0.4, -0.2) is 49.1 Å². The van der Waals surface area contributed by atoms with Gasteiger partial charge in [-0.3, -0.25) is 4.79 Å². The molecule has 1 fully saturated rings. The van der Waals surface area contributed by atoms with Crippen molar-refractivity contribution in [1.29, 1.82) is 0 Å². The average Bonchev–Trinajstić information content (AvgIpc) is 2.97. The summed E-state index contributed by atoms with van der Waals surface area (Å²) in [6.45, 7) is 4.64. The zero-order chi connectivity index (χ0) is 19.6. The summed E-state index contributed by atoms with van der Waals surface area (Å²) in [5.74, 6) is 0.305. The first kappa shape index (κ1) is 19.8. The van der Waals surface area contributed by atoms with Gasteiger partial charge >= 0.3 is 0 Å². The molecular weight excluding hydrogens is 386 g/mol. The van der Waals surface area contributed by atoms with Crippen LogP contribution in [0.25, 0.3) is 10.2 Å². The smallest absolute Gasteiger partial charge is 0.266 e. The van der Waals surface area contributed by atoms with Crippen molar-refractivity contribution >= 4 is 37.5 Å². The number of fused-ring (bicyclic) bond motifs is 1. The third-order valence-electron chi connectivity index (χ3n) is 4.57. The number of benzene rings is 1. The van der Waals surface area contributed by atoms with Gasteiger partial charge < -0.3 is 9.30 Å². The van der Waals surface area contributed by atoms with Gasteiger partial charge in [-0.2, -0.15) is 9.30 Å². The highest BCUT2D eigenvalue weighted by Crippen LogP contribution is 2.24. The normalized spacial score (nSPS) is 19.3. The molecule has 0 aliphatic carbocycles. The fraction of sp³-hybridized carbons (Fsp3) is 0.444. The standard InChI is InChI=1S/C18H23N3O4S2/c1-4-10-20-14-9-8-13(25-2)12-16(14)26-18(20)19-17(22)15-7-5-6-11-21(15)27(3,23)24/h4,8-9,12,15H,1,5-7,10-11H2,2-3H3. The average molecular weight is 410 g/mol. The summed E-state index contributed by atoms with van der Waals surface area (Å²) in [5, 5.41) is 0. The number of amides is 1. The Labute approximate surface area is 162 Å². The molecule has 0 saturated carbocycles. The van der Waals surface area contributed by atoms with Gasteiger partial charge in [0.15, 0.2) is 4.80 Å². The van der Waals surface area contributed by atoms with Crippen molar-refractivity contribution in [3.05, 3.63) is 35.7 Å². The minimum absolute atomic E-state index is 0.362. The maximum atomic E-state index is 12.9. The van der Waals surface area contributed by atoms with E-state index < -0.39 is 22.0 Å². The van der Waals surface area contributed by atoms with E-state index in [-0.39, 0.29) is 0 Å². The maximum absolute atomic E-state index is 12.9. The van der Waals surface area contributed by atoms with Gasteiger partial charge in [0, 0.05) is 13.1 Å². The first-order valence-electron chi connectivity index (χ1n) is 8.69. The number of aromatic nitrogens is 1. The van der Waals surface area contributed by atoms with Crippen LogP contribution in [-0.2, 0) is 21.4 Å². The molecule has 3 rings (SSSR count). The van der Waals surface area contributed by atoms with Crippen LogP contribution < -0.4 is 9.54 Å². The topological polar surface area (TPSA) is 81.0 Å². The van der Waals surface area contributed by atoms with Crippen molar-refractivity contribution in [2.75, 3.05) is 19.9 Å². The van der Waals surface area contributed by atoms with Crippen LogP contribution in [0, 0.1) is 0 Å². The highest BCUT2D eigenvalue weighted by Gasteiger charge is 2.34. The van der Waals surface area contributed by atoms with Gasteiger partial charge in [-0.05, 0) is 31.0 Å². The van der Waals surface area contributed by atoms with E-state index in [1.807, 2.05) is 22.8 Å². The molecule has 2 heterocycles. The molecule has 9 heteroatoms. The summed E-state index contributed by atoms with van der Waals surface area (Å²) >= 11 is 1.37. The Bertz CT molecular complexity index is 1040. The second-order valence-electron chi connectivity index (χ2n) is 6.45. The Morgan fingerprint density at radius 1 is 1.44 bits per heavy atom. The van der Waals surface area contributed by atoms with Crippen LogP contribution in [0.15, 0.2) is 35.8 Å². The fourth-order valence-corrected chi connectivity index (χ4v) is 5.48. The molecule has 0 N–H and O–H groups in total. The summed E-state index contributed by atoms with van der Waals surface area (Å²) in [4.78, 5) is 17.7. The molecule has 1 amide bonds. The van der Waals surface area contributed by atoms with Crippen molar-refractivity contribution in [3.8, 4) is 5.75 Å². The number of carbonyl (C=O) groups excluding carboxylic acids is 1. The lowest BCUT2D eigenvalue weighted by atomic mass is 10.0. The molecule has 1 unspecified atom stereocenters. The summed E-state index contributed by atoms with van der Waals surface area (Å²) in [6, 6.07) is 4.94. The molecule has 7 nitrogen and oxygen atoms in total. The highest BCUT2D eigenvalue weighted by atomic mass is 32.2. The molecule has 0 spiro atoms. The van der Waals surface area contributed by atoms with E-state index in [4.69, 9.17) is 4.74 Å². The molecule has 146 valence electrons. The van der Waals surface area contributed by atoms with Gasteiger partial charge in [-0.15, -0.1) is 6.58 Å². The largest absolute Gasteiger partial charge is 0.497 e. The van der Waals surface area contributed by atoms with Gasteiger partial charge in [0.1, 0.15) is 11.8 Å². The SMILES string of the molecule is C=CCn1c(=NC(=O)C2CCCCN2S(C)(=O)=O)sc2cc(OC)ccc21. The van der Waals surface area contributed by atoms with Gasteiger partial charge in [-0.1, -0.05) is 23.8 Å². The lowest BCUT2D eigenvalue weighted by Crippen LogP contribution is -2.47. The van der Waals surface area contributed by atoms with E-state index >= 15 is 0 Å². The Morgan fingerprint density at radius 3 is 2.89 bits per heavy atom. The number of nitrogens with zero attached hydrogens (tertiary/aromatic N) is 3. The number of rotatable bonds is 5. The number of allylic oxidation sites excluding steroid dienone is 1. The third kappa shape index (κ3) is 4.15. The van der Waals surface area contributed by atoms with Crippen LogP contribution in [0.5, 0.6) is 5.75 Å². The molecule has 1 aliphatic heterocycles. The predicted molar refractivity (Wildman–Crippen MR) is 106 cm³/mol. The number of hydrogen-bond acceptors (Lipinski definition) is 5. The van der Waals surface area contributed by atoms with Crippen LogP contribution in [0.4, 0.5) is 0 Å². The highest BCUT2D eigenvalue weighted by molar-refractivity contribution is 7.88. The molecule has 1 aromatic heterocycles. The van der Waals surface area contributed by atoms with Crippen LogP contribution in [0.1, 0.15) is 19.3 Å². The lowest BCUT2D eigenvalue weighted by Gasteiger charge is -2.31. The summed E-state index contributed by atoms with van der Waals surface area (Å²) in [6.07, 6.45) is 4.95. The number of sulfonamides is 1. The molecular formula is C18H23N3O4S2. The number of methoxy groups -OCH3 is 1. The van der Waals surface area contributed by atoms with Gasteiger partial charge in [0.25, 0.3) is 5.91 Å². The van der Waals surface area contributed by atoms with Gasteiger partial charge in [-0.25, -0.2) is 8.42 Å². The monoisotopic (exact) mass is 409 g/mol. The molecule has 27 heavy (non-hydrogen) atoms. The van der Waals surface area contributed by atoms with Crippen molar-refractivity contribution in [2.45, 2.75) is 31.8 Å². The second-order valence-corrected chi connectivity index (χ2v) is 9.40. The zero-order valence-electron chi connectivity index (χ0n) is 15.4. The van der Waals surface area contributed by atoms with E-state index in [1.54, 1.807) is 13.2 Å². The minimum atomic E-state index is -3.45. The predicted octanol–water partition coefficient (Wildman–Crippen LogP) is 2.14. The number of thiazole rings is 1. The third-order valence-corrected chi connectivity index (χ3v) is 6.90. The summed E-state index contributed by atoms with van der Waals surface area (Å²) < 4.78 is 33.5. The number of ether oxygens (including phenoxy) is 1. The van der Waals surface area contributed by atoms with Crippen LogP contribution in [0.3, 0.4) is 0 Å². The van der Waals surface area contributed by atoms with E-state index in [9.17, 15) is 13.2 Å². The number of hydrogen-bond donors (Lipinski definition) is 0. The molecule has 1 saturated heterocycles. The zero-order valence-corrected chi connectivity index (χ0v) is 17.1. The van der Waals surface area contributed by atoms with Crippen molar-refractivity contribution in [2.24, 2.45) is 4.99 Å². The molecule has 2 aromatic rings. The van der Waals surface area contributed by atoms with Crippen molar-refractivity contribution in [3.63, 3.8) is 0 Å². The first-order valence-corrected chi connectivity index (χ1v) is 11.4. The molecule has 1 aromatic carbocycles. The minimum Gasteiger partial charge on any atom is -0.497 e. The molecule has 0 radical (unpaired) electrons. The van der Waals surface area contributed by atoms with Crippen molar-refractivity contribution < 1.29 is 17.9 Å². The Balaban J connectivity index is 2.06. The van der Waals surface area contributed by atoms with E-state index in [2.05, 4.69) is 11.6 Å². The summed E-state index contributed by atoms with van der Waals surface area (Å²) in [5.41, 5.74) is 0.927. The van der Waals surface area contributed by atoms with E-state index in [1.165, 1.54) is 15.6 Å². The van der Waals surface area contributed by atoms with E-state index in [0.717, 1.165) is 35.1 Å². The Morgan fingerprint density at radius 2 is 2.22 bits per heavy atom. The molecule has 1 atom stereocenters. The van der Waals surface area contributed by atoms with E-state index in [0.29, 0.717) is 24.3 Å². The number of piperidine rings is 1. The second kappa shape index (κ2) is 7.95. The lowest BCUT2D eigenvalue weighted by molar-refractivity contribution is -0.122. The molecule has 1 aliphatic rings. The van der Waals surface area contributed by atoms with Crippen molar-refractivity contribution in [1.82, 2.24) is 8.87 Å². The number of carbonyl (C=O) groups is 1. The fourth-order valence-electron chi connectivity index (χ4n) is 3.29. The quantitative estimate of drug-likeness (QED) is 0.709. The Hall–Kier alpha value is -1.97. The summed E-state index contributed by atoms with van der Waals surface area (Å²) in [7, 11) is -1.85. The van der Waals surface area contributed by atoms with Gasteiger partial charge in [0.05, 0.1) is 23.6 Å². The Kier molecular flexibility index (Phi) is 5.83. The van der Waals surface area contributed by atoms with Gasteiger partial charge in [0.2, 0.25) is 10.0 Å². The van der Waals surface area contributed by atoms with Crippen LogP contribution >= 0.6 is 11.3 Å². The van der Waals surface area contributed by atoms with Crippen LogP contribution in [0.2, 0.25) is 0 Å². The molecule has 0 bridgehead atoms.